The van der Waals surface area contributed by atoms with Gasteiger partial charge in [0.15, 0.2) is 11.3 Å². The number of carbonyl (C=O) groups excluding carboxylic acids is 1. The maximum Gasteiger partial charge on any atom is 0.249 e. The monoisotopic (exact) mass is 401 g/mol. The van der Waals surface area contributed by atoms with Crippen molar-refractivity contribution in [2.24, 2.45) is 5.73 Å². The number of hydrogen-bond acceptors (Lipinski definition) is 6. The Morgan fingerprint density at radius 3 is 2.67 bits per heavy atom. The summed E-state index contributed by atoms with van der Waals surface area (Å²) in [5.41, 5.74) is 8.60. The summed E-state index contributed by atoms with van der Waals surface area (Å²) in [6, 6.07) is 14.2. The largest absolute Gasteiger partial charge is 0.440 e. The van der Waals surface area contributed by atoms with Crippen molar-refractivity contribution in [3.05, 3.63) is 70.5 Å². The summed E-state index contributed by atoms with van der Waals surface area (Å²) in [6.07, 6.45) is 1.56. The average molecular weight is 401 g/mol. The maximum absolute atomic E-state index is 12.8. The van der Waals surface area contributed by atoms with Gasteiger partial charge in [0, 0.05) is 36.3 Å². The van der Waals surface area contributed by atoms with Crippen LogP contribution in [-0.2, 0) is 4.74 Å². The Morgan fingerprint density at radius 2 is 1.87 bits per heavy atom. The summed E-state index contributed by atoms with van der Waals surface area (Å²) < 4.78 is 11.6. The van der Waals surface area contributed by atoms with Gasteiger partial charge in [-0.15, -0.1) is 0 Å². The van der Waals surface area contributed by atoms with Crippen molar-refractivity contribution < 1.29 is 13.9 Å². The molecule has 1 amide bonds. The number of morpholine rings is 1. The minimum Gasteiger partial charge on any atom is -0.440 e. The van der Waals surface area contributed by atoms with Crippen LogP contribution in [0.25, 0.3) is 33.0 Å². The molecular formula is C23H19N3O4. The molecule has 0 atom stereocenters. The zero-order chi connectivity index (χ0) is 20.7. The van der Waals surface area contributed by atoms with Crippen LogP contribution in [0.5, 0.6) is 0 Å². The van der Waals surface area contributed by atoms with E-state index in [1.165, 1.54) is 6.07 Å². The first-order valence-electron chi connectivity index (χ1n) is 9.70. The molecule has 0 bridgehead atoms. The Morgan fingerprint density at radius 1 is 1.03 bits per heavy atom. The molecule has 0 unspecified atom stereocenters. The molecule has 2 N–H and O–H groups in total. The second-order valence-electron chi connectivity index (χ2n) is 7.19. The van der Waals surface area contributed by atoms with Gasteiger partial charge in [-0.3, -0.25) is 14.6 Å². The molecule has 0 aliphatic carbocycles. The van der Waals surface area contributed by atoms with E-state index in [1.54, 1.807) is 18.3 Å². The SMILES string of the molecule is NC(=O)c1ccnc2ccc(-c3cccc4c(=O)cc(N5CCOCC5)oc34)cc12. The van der Waals surface area contributed by atoms with E-state index >= 15 is 0 Å². The van der Waals surface area contributed by atoms with Gasteiger partial charge in [0.2, 0.25) is 5.91 Å². The van der Waals surface area contributed by atoms with E-state index in [1.807, 2.05) is 35.2 Å². The number of rotatable bonds is 3. The van der Waals surface area contributed by atoms with Crippen LogP contribution in [0.3, 0.4) is 0 Å². The van der Waals surface area contributed by atoms with Gasteiger partial charge >= 0.3 is 0 Å². The minimum atomic E-state index is -0.515. The Hall–Kier alpha value is -3.71. The standard InChI is InChI=1S/C23H19N3O4/c24-23(28)16-6-7-25-19-5-4-14(12-18(16)19)15-2-1-3-17-20(27)13-21(30-22(15)17)26-8-10-29-11-9-26/h1-7,12-13H,8-11H2,(H2,24,28). The highest BCUT2D eigenvalue weighted by atomic mass is 16.5. The molecule has 30 heavy (non-hydrogen) atoms. The Balaban J connectivity index is 1.72. The van der Waals surface area contributed by atoms with Gasteiger partial charge in [0.1, 0.15) is 5.58 Å². The summed E-state index contributed by atoms with van der Waals surface area (Å²) in [7, 11) is 0. The predicted molar refractivity (Wildman–Crippen MR) is 115 cm³/mol. The summed E-state index contributed by atoms with van der Waals surface area (Å²) >= 11 is 0. The fourth-order valence-corrected chi connectivity index (χ4v) is 3.86. The van der Waals surface area contributed by atoms with Crippen LogP contribution in [-0.4, -0.2) is 37.2 Å². The topological polar surface area (TPSA) is 98.7 Å². The number of nitrogens with zero attached hydrogens (tertiary/aromatic N) is 2. The summed E-state index contributed by atoms with van der Waals surface area (Å²) in [5.74, 6) is 0.0159. The zero-order valence-corrected chi connectivity index (χ0v) is 16.1. The highest BCUT2D eigenvalue weighted by Gasteiger charge is 2.18. The molecule has 1 aliphatic rings. The van der Waals surface area contributed by atoms with Crippen LogP contribution in [0.2, 0.25) is 0 Å². The van der Waals surface area contributed by atoms with Crippen LogP contribution in [0.15, 0.2) is 63.9 Å². The molecular weight excluding hydrogens is 382 g/mol. The third-order valence-corrected chi connectivity index (χ3v) is 5.38. The minimum absolute atomic E-state index is 0.0973. The Labute approximate surface area is 171 Å². The van der Waals surface area contributed by atoms with E-state index in [-0.39, 0.29) is 5.43 Å². The Kier molecular flexibility index (Phi) is 4.44. The number of pyridine rings is 1. The van der Waals surface area contributed by atoms with E-state index in [0.717, 1.165) is 11.1 Å². The summed E-state index contributed by atoms with van der Waals surface area (Å²) in [5, 5.41) is 1.16. The van der Waals surface area contributed by atoms with Crippen LogP contribution in [0, 0.1) is 0 Å². The number of nitrogens with two attached hydrogens (primary N) is 1. The van der Waals surface area contributed by atoms with E-state index in [2.05, 4.69) is 4.98 Å². The van der Waals surface area contributed by atoms with Crippen molar-refractivity contribution in [1.82, 2.24) is 4.98 Å². The molecule has 5 rings (SSSR count). The van der Waals surface area contributed by atoms with Gasteiger partial charge in [-0.05, 0) is 29.8 Å². The van der Waals surface area contributed by atoms with E-state index < -0.39 is 5.91 Å². The second kappa shape index (κ2) is 7.27. The number of benzene rings is 2. The number of anilines is 1. The molecule has 2 aromatic heterocycles. The number of carbonyl (C=O) groups is 1. The van der Waals surface area contributed by atoms with Gasteiger partial charge in [-0.2, -0.15) is 0 Å². The lowest BCUT2D eigenvalue weighted by atomic mass is 9.99. The van der Waals surface area contributed by atoms with Crippen molar-refractivity contribution in [2.45, 2.75) is 0 Å². The Bertz CT molecular complexity index is 1340. The molecule has 2 aromatic carbocycles. The maximum atomic E-state index is 12.8. The fraction of sp³-hybridized carbons (Fsp3) is 0.174. The molecule has 0 spiro atoms. The van der Waals surface area contributed by atoms with Crippen molar-refractivity contribution in [3.63, 3.8) is 0 Å². The number of hydrogen-bond donors (Lipinski definition) is 1. The fourth-order valence-electron chi connectivity index (χ4n) is 3.86. The molecule has 4 aromatic rings. The average Bonchev–Trinajstić information content (AvgIpc) is 2.78. The molecule has 1 fully saturated rings. The third-order valence-electron chi connectivity index (χ3n) is 5.38. The van der Waals surface area contributed by atoms with Gasteiger partial charge in [0.05, 0.1) is 29.7 Å². The number of primary amides is 1. The molecule has 0 radical (unpaired) electrons. The van der Waals surface area contributed by atoms with Crippen LogP contribution < -0.4 is 16.1 Å². The lowest BCUT2D eigenvalue weighted by molar-refractivity contribution is 0.100. The normalized spacial score (nSPS) is 14.3. The first-order valence-corrected chi connectivity index (χ1v) is 9.70. The second-order valence-corrected chi connectivity index (χ2v) is 7.19. The first kappa shape index (κ1) is 18.3. The third kappa shape index (κ3) is 3.09. The summed E-state index contributed by atoms with van der Waals surface area (Å²) in [4.78, 5) is 31.0. The van der Waals surface area contributed by atoms with Crippen molar-refractivity contribution in [1.29, 1.82) is 0 Å². The number of ether oxygens (including phenoxy) is 1. The molecule has 0 saturated carbocycles. The van der Waals surface area contributed by atoms with Gasteiger partial charge in [0.25, 0.3) is 0 Å². The molecule has 1 saturated heterocycles. The van der Waals surface area contributed by atoms with Crippen LogP contribution in [0.4, 0.5) is 5.88 Å². The predicted octanol–water partition coefficient (Wildman–Crippen LogP) is 2.94. The highest BCUT2D eigenvalue weighted by molar-refractivity contribution is 6.06. The molecule has 3 heterocycles. The van der Waals surface area contributed by atoms with Crippen LogP contribution in [0.1, 0.15) is 10.4 Å². The van der Waals surface area contributed by atoms with Gasteiger partial charge in [-0.25, -0.2) is 0 Å². The van der Waals surface area contributed by atoms with Crippen molar-refractivity contribution >= 4 is 33.7 Å². The number of para-hydroxylation sites is 1. The lowest BCUT2D eigenvalue weighted by Gasteiger charge is -2.27. The van der Waals surface area contributed by atoms with Crippen molar-refractivity contribution in [3.8, 4) is 11.1 Å². The van der Waals surface area contributed by atoms with Crippen molar-refractivity contribution in [2.75, 3.05) is 31.2 Å². The van der Waals surface area contributed by atoms with E-state index in [0.29, 0.717) is 59.6 Å². The zero-order valence-electron chi connectivity index (χ0n) is 16.1. The quantitative estimate of drug-likeness (QED) is 0.567. The molecule has 7 nitrogen and oxygen atoms in total. The highest BCUT2D eigenvalue weighted by Crippen LogP contribution is 2.32. The van der Waals surface area contributed by atoms with Gasteiger partial charge in [-0.1, -0.05) is 18.2 Å². The van der Waals surface area contributed by atoms with E-state index in [4.69, 9.17) is 14.9 Å². The molecule has 150 valence electrons. The first-order chi connectivity index (χ1) is 14.6. The molecule has 7 heteroatoms. The summed E-state index contributed by atoms with van der Waals surface area (Å²) in [6.45, 7) is 2.52. The molecule has 1 aliphatic heterocycles. The number of aromatic nitrogens is 1. The van der Waals surface area contributed by atoms with Crippen LogP contribution >= 0.6 is 0 Å². The smallest absolute Gasteiger partial charge is 0.249 e. The number of fused-ring (bicyclic) bond motifs is 2. The van der Waals surface area contributed by atoms with Gasteiger partial charge < -0.3 is 19.8 Å². The van der Waals surface area contributed by atoms with E-state index in [9.17, 15) is 9.59 Å². The lowest BCUT2D eigenvalue weighted by Crippen LogP contribution is -2.36. The number of amides is 1.